The Bertz CT molecular complexity index is 815. The first-order valence-corrected chi connectivity index (χ1v) is 10.7. The lowest BCUT2D eigenvalue weighted by Crippen LogP contribution is -2.51. The lowest BCUT2D eigenvalue weighted by molar-refractivity contribution is -0.141. The summed E-state index contributed by atoms with van der Waals surface area (Å²) in [5.41, 5.74) is 3.06. The van der Waals surface area contributed by atoms with Crippen LogP contribution in [0.3, 0.4) is 0 Å². The highest BCUT2D eigenvalue weighted by Crippen LogP contribution is 2.18. The zero-order valence-corrected chi connectivity index (χ0v) is 18.8. The topological polar surface area (TPSA) is 58.6 Å². The minimum Gasteiger partial charge on any atom is -0.497 e. The van der Waals surface area contributed by atoms with Crippen LogP contribution in [-0.4, -0.2) is 35.9 Å². The van der Waals surface area contributed by atoms with Crippen molar-refractivity contribution in [3.05, 3.63) is 65.2 Å². The van der Waals surface area contributed by atoms with Crippen molar-refractivity contribution in [1.82, 2.24) is 10.2 Å². The van der Waals surface area contributed by atoms with E-state index in [2.05, 4.69) is 5.32 Å². The molecule has 0 heterocycles. The van der Waals surface area contributed by atoms with Gasteiger partial charge in [-0.25, -0.2) is 0 Å². The van der Waals surface area contributed by atoms with Crippen LogP contribution in [0, 0.1) is 6.92 Å². The van der Waals surface area contributed by atoms with Gasteiger partial charge in [0, 0.05) is 12.6 Å². The molecule has 1 N–H and O–H groups in total. The first-order chi connectivity index (χ1) is 14.4. The van der Waals surface area contributed by atoms with Crippen LogP contribution in [0.2, 0.25) is 0 Å². The van der Waals surface area contributed by atoms with Gasteiger partial charge in [-0.15, -0.1) is 0 Å². The molecule has 0 aliphatic carbocycles. The van der Waals surface area contributed by atoms with Crippen LogP contribution in [0.4, 0.5) is 0 Å². The van der Waals surface area contributed by atoms with E-state index in [4.69, 9.17) is 4.74 Å². The molecule has 2 aromatic carbocycles. The number of amides is 2. The zero-order valence-electron chi connectivity index (χ0n) is 18.8. The smallest absolute Gasteiger partial charge is 0.243 e. The molecule has 0 radical (unpaired) electrons. The van der Waals surface area contributed by atoms with Gasteiger partial charge in [0.2, 0.25) is 11.8 Å². The molecule has 0 saturated heterocycles. The van der Waals surface area contributed by atoms with E-state index in [9.17, 15) is 9.59 Å². The fourth-order valence-electron chi connectivity index (χ4n) is 3.27. The second-order valence-electron chi connectivity index (χ2n) is 7.77. The minimum absolute atomic E-state index is 0.0548. The molecule has 5 heteroatoms. The predicted molar refractivity (Wildman–Crippen MR) is 120 cm³/mol. The fourth-order valence-corrected chi connectivity index (χ4v) is 3.27. The summed E-state index contributed by atoms with van der Waals surface area (Å²) >= 11 is 0. The van der Waals surface area contributed by atoms with Crippen molar-refractivity contribution >= 4 is 11.8 Å². The van der Waals surface area contributed by atoms with Crippen LogP contribution < -0.4 is 10.1 Å². The highest BCUT2D eigenvalue weighted by molar-refractivity contribution is 5.88. The SMILES string of the molecule is CC[C@H](C)NC(=O)[C@H](CC)N(Cc1ccc(OC)cc1)C(=O)Cc1ccc(C)cc1. The van der Waals surface area contributed by atoms with Crippen molar-refractivity contribution in [3.63, 3.8) is 0 Å². The summed E-state index contributed by atoms with van der Waals surface area (Å²) in [6, 6.07) is 15.1. The summed E-state index contributed by atoms with van der Waals surface area (Å²) in [6.07, 6.45) is 1.67. The lowest BCUT2D eigenvalue weighted by Gasteiger charge is -2.31. The molecule has 30 heavy (non-hydrogen) atoms. The number of benzene rings is 2. The Morgan fingerprint density at radius 1 is 0.967 bits per heavy atom. The monoisotopic (exact) mass is 410 g/mol. The summed E-state index contributed by atoms with van der Waals surface area (Å²) in [7, 11) is 1.62. The number of hydrogen-bond acceptors (Lipinski definition) is 3. The van der Waals surface area contributed by atoms with Crippen LogP contribution in [0.15, 0.2) is 48.5 Å². The van der Waals surface area contributed by atoms with Gasteiger partial charge in [0.25, 0.3) is 0 Å². The lowest BCUT2D eigenvalue weighted by atomic mass is 10.1. The second kappa shape index (κ2) is 11.4. The van der Waals surface area contributed by atoms with E-state index < -0.39 is 6.04 Å². The number of carbonyl (C=O) groups excluding carboxylic acids is 2. The maximum Gasteiger partial charge on any atom is 0.243 e. The second-order valence-corrected chi connectivity index (χ2v) is 7.77. The summed E-state index contributed by atoms with van der Waals surface area (Å²) in [5.74, 6) is 0.608. The molecule has 0 aliphatic heterocycles. The molecule has 0 aliphatic rings. The molecule has 2 aromatic rings. The van der Waals surface area contributed by atoms with Gasteiger partial charge in [0.05, 0.1) is 13.5 Å². The van der Waals surface area contributed by atoms with E-state index in [-0.39, 0.29) is 24.3 Å². The number of methoxy groups -OCH3 is 1. The molecular formula is C25H34N2O3. The Hall–Kier alpha value is -2.82. The number of rotatable bonds is 10. The van der Waals surface area contributed by atoms with Crippen LogP contribution >= 0.6 is 0 Å². The maximum absolute atomic E-state index is 13.3. The molecule has 0 unspecified atom stereocenters. The van der Waals surface area contributed by atoms with Crippen LogP contribution in [0.5, 0.6) is 5.75 Å². The molecule has 162 valence electrons. The summed E-state index contributed by atoms with van der Waals surface area (Å²) in [6.45, 7) is 8.35. The normalized spacial score (nSPS) is 12.7. The molecule has 2 amide bonds. The predicted octanol–water partition coefficient (Wildman–Crippen LogP) is 4.27. The van der Waals surface area contributed by atoms with Crippen molar-refractivity contribution in [2.24, 2.45) is 0 Å². The number of hydrogen-bond donors (Lipinski definition) is 1. The summed E-state index contributed by atoms with van der Waals surface area (Å²) in [4.78, 5) is 28.0. The number of nitrogens with one attached hydrogen (secondary N) is 1. The van der Waals surface area contributed by atoms with E-state index in [0.717, 1.165) is 28.9 Å². The highest BCUT2D eigenvalue weighted by atomic mass is 16.5. The third kappa shape index (κ3) is 6.61. The van der Waals surface area contributed by atoms with Gasteiger partial charge in [0.15, 0.2) is 0 Å². The Morgan fingerprint density at radius 3 is 2.10 bits per heavy atom. The Morgan fingerprint density at radius 2 is 1.57 bits per heavy atom. The van der Waals surface area contributed by atoms with Crippen molar-refractivity contribution < 1.29 is 14.3 Å². The Labute approximate surface area is 180 Å². The number of ether oxygens (including phenoxy) is 1. The van der Waals surface area contributed by atoms with Gasteiger partial charge >= 0.3 is 0 Å². The van der Waals surface area contributed by atoms with Crippen LogP contribution in [-0.2, 0) is 22.6 Å². The number of carbonyl (C=O) groups is 2. The minimum atomic E-state index is -0.515. The fraction of sp³-hybridized carbons (Fsp3) is 0.440. The van der Waals surface area contributed by atoms with Crippen molar-refractivity contribution in [1.29, 1.82) is 0 Å². The summed E-state index contributed by atoms with van der Waals surface area (Å²) < 4.78 is 5.23. The largest absolute Gasteiger partial charge is 0.497 e. The highest BCUT2D eigenvalue weighted by Gasteiger charge is 2.29. The third-order valence-corrected chi connectivity index (χ3v) is 5.37. The van der Waals surface area contributed by atoms with Gasteiger partial charge in [-0.1, -0.05) is 55.8 Å². The molecule has 0 fully saturated rings. The molecule has 0 aromatic heterocycles. The quantitative estimate of drug-likeness (QED) is 0.636. The van der Waals surface area contributed by atoms with Crippen LogP contribution in [0.1, 0.15) is 50.3 Å². The first-order valence-electron chi connectivity index (χ1n) is 10.7. The standard InChI is InChI=1S/C25H34N2O3/c1-6-19(4)26-25(29)23(7-2)27(17-21-12-14-22(30-5)15-13-21)24(28)16-20-10-8-18(3)9-11-20/h8-15,19,23H,6-7,16-17H2,1-5H3,(H,26,29)/t19-,23-/m0/s1. The van der Waals surface area contributed by atoms with Crippen molar-refractivity contribution in [2.75, 3.05) is 7.11 Å². The van der Waals surface area contributed by atoms with Gasteiger partial charge in [-0.05, 0) is 49.9 Å². The maximum atomic E-state index is 13.3. The number of nitrogens with zero attached hydrogens (tertiary/aromatic N) is 1. The number of aryl methyl sites for hydroxylation is 1. The van der Waals surface area contributed by atoms with E-state index in [1.165, 1.54) is 0 Å². The van der Waals surface area contributed by atoms with Crippen molar-refractivity contribution in [3.8, 4) is 5.75 Å². The van der Waals surface area contributed by atoms with E-state index in [1.807, 2.05) is 76.2 Å². The van der Waals surface area contributed by atoms with Crippen molar-refractivity contribution in [2.45, 2.75) is 65.6 Å². The average Bonchev–Trinajstić information content (AvgIpc) is 2.75. The van der Waals surface area contributed by atoms with Crippen LogP contribution in [0.25, 0.3) is 0 Å². The summed E-state index contributed by atoms with van der Waals surface area (Å²) in [5, 5.41) is 3.04. The van der Waals surface area contributed by atoms with E-state index >= 15 is 0 Å². The molecular weight excluding hydrogens is 376 g/mol. The van der Waals surface area contributed by atoms with E-state index in [1.54, 1.807) is 12.0 Å². The molecule has 2 rings (SSSR count). The Balaban J connectivity index is 2.27. The molecule has 0 saturated carbocycles. The molecule has 0 bridgehead atoms. The molecule has 0 spiro atoms. The molecule has 2 atom stereocenters. The van der Waals surface area contributed by atoms with E-state index in [0.29, 0.717) is 13.0 Å². The van der Waals surface area contributed by atoms with Gasteiger partial charge in [-0.3, -0.25) is 9.59 Å². The zero-order chi connectivity index (χ0) is 22.1. The molecule has 5 nitrogen and oxygen atoms in total. The van der Waals surface area contributed by atoms with Gasteiger partial charge in [0.1, 0.15) is 11.8 Å². The van der Waals surface area contributed by atoms with Gasteiger partial charge in [-0.2, -0.15) is 0 Å². The first kappa shape index (κ1) is 23.5. The van der Waals surface area contributed by atoms with Gasteiger partial charge < -0.3 is 15.0 Å². The average molecular weight is 411 g/mol. The Kier molecular flexibility index (Phi) is 8.90. The third-order valence-electron chi connectivity index (χ3n) is 5.37.